The number of benzene rings is 4. The second kappa shape index (κ2) is 11.4. The Hall–Kier alpha value is -4.62. The minimum atomic E-state index is -0.419. The summed E-state index contributed by atoms with van der Waals surface area (Å²) >= 11 is 6.16. The molecular formula is C31H26ClN3O4. The first-order valence-electron chi connectivity index (χ1n) is 12.4. The van der Waals surface area contributed by atoms with E-state index in [0.717, 1.165) is 16.7 Å². The molecule has 0 radical (unpaired) electrons. The van der Waals surface area contributed by atoms with Crippen LogP contribution in [0.15, 0.2) is 107 Å². The van der Waals surface area contributed by atoms with Gasteiger partial charge in [-0.2, -0.15) is 0 Å². The summed E-state index contributed by atoms with van der Waals surface area (Å²) in [6.07, 6.45) is 0. The molecule has 0 saturated carbocycles. The van der Waals surface area contributed by atoms with Crippen LogP contribution in [0.2, 0.25) is 5.02 Å². The summed E-state index contributed by atoms with van der Waals surface area (Å²) in [5.74, 6) is 0.467. The molecule has 7 nitrogen and oxygen atoms in total. The van der Waals surface area contributed by atoms with Crippen LogP contribution in [-0.4, -0.2) is 22.2 Å². The van der Waals surface area contributed by atoms with Gasteiger partial charge in [-0.3, -0.25) is 18.7 Å². The Morgan fingerprint density at radius 2 is 1.54 bits per heavy atom. The summed E-state index contributed by atoms with van der Waals surface area (Å²) < 4.78 is 8.15. The molecule has 1 aromatic heterocycles. The number of hydrogen-bond donors (Lipinski definition) is 1. The van der Waals surface area contributed by atoms with E-state index in [1.807, 2.05) is 36.4 Å². The standard InChI is InChI=1S/C31H26ClN3O4/c1-39-28-12-5-2-8-24(28)18-33-29(36)23-15-13-21(14-16-23)19-35-30(37)26-10-3-4-11-27(26)34(31(35)38)20-22-7-6-9-25(32)17-22/h2-17H,18-20H2,1H3,(H,33,36). The molecule has 0 aliphatic carbocycles. The van der Waals surface area contributed by atoms with Gasteiger partial charge in [0.1, 0.15) is 5.75 Å². The second-order valence-corrected chi connectivity index (χ2v) is 9.53. The fourth-order valence-electron chi connectivity index (χ4n) is 4.55. The molecule has 0 aliphatic rings. The summed E-state index contributed by atoms with van der Waals surface area (Å²) in [7, 11) is 1.59. The van der Waals surface area contributed by atoms with Crippen LogP contribution < -0.4 is 21.3 Å². The van der Waals surface area contributed by atoms with Gasteiger partial charge in [-0.1, -0.05) is 66.2 Å². The Morgan fingerprint density at radius 1 is 0.821 bits per heavy atom. The first-order valence-corrected chi connectivity index (χ1v) is 12.8. The summed E-state index contributed by atoms with van der Waals surface area (Å²) in [6, 6.07) is 28.7. The van der Waals surface area contributed by atoms with Crippen molar-refractivity contribution in [3.63, 3.8) is 0 Å². The third kappa shape index (κ3) is 5.63. The highest BCUT2D eigenvalue weighted by Crippen LogP contribution is 2.17. The fraction of sp³-hybridized carbons (Fsp3) is 0.129. The van der Waals surface area contributed by atoms with Gasteiger partial charge in [0.05, 0.1) is 31.1 Å². The lowest BCUT2D eigenvalue weighted by Crippen LogP contribution is -2.40. The number of halogens is 1. The predicted octanol–water partition coefficient (Wildman–Crippen LogP) is 4.85. The van der Waals surface area contributed by atoms with Crippen LogP contribution >= 0.6 is 11.6 Å². The first-order chi connectivity index (χ1) is 18.9. The molecule has 39 heavy (non-hydrogen) atoms. The summed E-state index contributed by atoms with van der Waals surface area (Å²) in [4.78, 5) is 39.6. The lowest BCUT2D eigenvalue weighted by atomic mass is 10.1. The molecule has 196 valence electrons. The van der Waals surface area contributed by atoms with Gasteiger partial charge >= 0.3 is 5.69 Å². The summed E-state index contributed by atoms with van der Waals surface area (Å²) in [5.41, 5.74) is 2.69. The van der Waals surface area contributed by atoms with Crippen LogP contribution in [-0.2, 0) is 19.6 Å². The lowest BCUT2D eigenvalue weighted by molar-refractivity contribution is 0.0950. The molecule has 1 amide bonds. The number of amides is 1. The molecule has 0 saturated heterocycles. The van der Waals surface area contributed by atoms with Crippen LogP contribution in [0.3, 0.4) is 0 Å². The zero-order valence-electron chi connectivity index (χ0n) is 21.3. The van der Waals surface area contributed by atoms with Gasteiger partial charge < -0.3 is 10.1 Å². The average molecular weight is 540 g/mol. The van der Waals surface area contributed by atoms with Crippen molar-refractivity contribution in [1.82, 2.24) is 14.5 Å². The Bertz CT molecular complexity index is 1770. The van der Waals surface area contributed by atoms with E-state index in [1.54, 1.807) is 72.3 Å². The fourth-order valence-corrected chi connectivity index (χ4v) is 4.76. The van der Waals surface area contributed by atoms with E-state index in [2.05, 4.69) is 5.32 Å². The van der Waals surface area contributed by atoms with E-state index in [4.69, 9.17) is 16.3 Å². The number of nitrogens with zero attached hydrogens (tertiary/aromatic N) is 2. The van der Waals surface area contributed by atoms with Crippen molar-refractivity contribution >= 4 is 28.4 Å². The van der Waals surface area contributed by atoms with Crippen LogP contribution in [0.4, 0.5) is 0 Å². The SMILES string of the molecule is COc1ccccc1CNC(=O)c1ccc(Cn2c(=O)c3ccccc3n(Cc3cccc(Cl)c3)c2=O)cc1. The maximum Gasteiger partial charge on any atom is 0.332 e. The number of aromatic nitrogens is 2. The highest BCUT2D eigenvalue weighted by Gasteiger charge is 2.14. The van der Waals surface area contributed by atoms with Crippen LogP contribution in [0.5, 0.6) is 5.75 Å². The Kier molecular flexibility index (Phi) is 7.61. The maximum absolute atomic E-state index is 13.6. The topological polar surface area (TPSA) is 82.3 Å². The summed E-state index contributed by atoms with van der Waals surface area (Å²) in [6.45, 7) is 0.663. The van der Waals surface area contributed by atoms with Gasteiger partial charge in [-0.15, -0.1) is 0 Å². The largest absolute Gasteiger partial charge is 0.496 e. The quantitative estimate of drug-likeness (QED) is 0.305. The third-order valence-electron chi connectivity index (χ3n) is 6.55. The van der Waals surface area contributed by atoms with E-state index >= 15 is 0 Å². The number of carbonyl (C=O) groups is 1. The number of rotatable bonds is 8. The predicted molar refractivity (Wildman–Crippen MR) is 153 cm³/mol. The molecule has 8 heteroatoms. The maximum atomic E-state index is 13.6. The van der Waals surface area contributed by atoms with Crippen molar-refractivity contribution in [1.29, 1.82) is 0 Å². The van der Waals surface area contributed by atoms with E-state index in [9.17, 15) is 14.4 Å². The lowest BCUT2D eigenvalue weighted by Gasteiger charge is -2.15. The zero-order chi connectivity index (χ0) is 27.4. The number of carbonyl (C=O) groups excluding carboxylic acids is 1. The smallest absolute Gasteiger partial charge is 0.332 e. The van der Waals surface area contributed by atoms with Crippen molar-refractivity contribution in [3.05, 3.63) is 145 Å². The highest BCUT2D eigenvalue weighted by atomic mass is 35.5. The number of methoxy groups -OCH3 is 1. The third-order valence-corrected chi connectivity index (χ3v) is 6.79. The molecule has 0 atom stereocenters. The zero-order valence-corrected chi connectivity index (χ0v) is 22.0. The normalized spacial score (nSPS) is 10.9. The molecule has 0 bridgehead atoms. The van der Waals surface area contributed by atoms with Gasteiger partial charge in [-0.05, 0) is 53.6 Å². The van der Waals surface area contributed by atoms with Gasteiger partial charge in [0.15, 0.2) is 0 Å². The van der Waals surface area contributed by atoms with Crippen molar-refractivity contribution < 1.29 is 9.53 Å². The summed E-state index contributed by atoms with van der Waals surface area (Å²) in [5, 5.41) is 3.92. The molecule has 4 aromatic carbocycles. The Labute approximate surface area is 229 Å². The van der Waals surface area contributed by atoms with E-state index < -0.39 is 5.69 Å². The second-order valence-electron chi connectivity index (χ2n) is 9.10. The van der Waals surface area contributed by atoms with E-state index in [1.165, 1.54) is 4.57 Å². The molecule has 0 unspecified atom stereocenters. The Morgan fingerprint density at radius 3 is 2.31 bits per heavy atom. The van der Waals surface area contributed by atoms with Crippen molar-refractivity contribution in [2.24, 2.45) is 0 Å². The molecular weight excluding hydrogens is 514 g/mol. The molecule has 0 aliphatic heterocycles. The minimum absolute atomic E-state index is 0.0706. The molecule has 1 N–H and O–H groups in total. The van der Waals surface area contributed by atoms with Crippen LogP contribution in [0, 0.1) is 0 Å². The molecule has 5 aromatic rings. The number of ether oxygens (including phenoxy) is 1. The Balaban J connectivity index is 1.40. The first kappa shape index (κ1) is 26.0. The molecule has 0 spiro atoms. The van der Waals surface area contributed by atoms with Gasteiger partial charge in [0.25, 0.3) is 11.5 Å². The van der Waals surface area contributed by atoms with Gasteiger partial charge in [0.2, 0.25) is 0 Å². The molecule has 0 fully saturated rings. The highest BCUT2D eigenvalue weighted by molar-refractivity contribution is 6.30. The van der Waals surface area contributed by atoms with Gasteiger partial charge in [0, 0.05) is 22.7 Å². The van der Waals surface area contributed by atoms with Crippen LogP contribution in [0.25, 0.3) is 10.9 Å². The number of hydrogen-bond acceptors (Lipinski definition) is 4. The number of nitrogens with one attached hydrogen (secondary N) is 1. The van der Waals surface area contributed by atoms with Gasteiger partial charge in [-0.25, -0.2) is 4.79 Å². The van der Waals surface area contributed by atoms with Crippen LogP contribution in [0.1, 0.15) is 27.0 Å². The molecule has 1 heterocycles. The van der Waals surface area contributed by atoms with E-state index in [-0.39, 0.29) is 24.6 Å². The van der Waals surface area contributed by atoms with Crippen molar-refractivity contribution in [2.45, 2.75) is 19.6 Å². The van der Waals surface area contributed by atoms with Crippen molar-refractivity contribution in [3.8, 4) is 5.75 Å². The van der Waals surface area contributed by atoms with E-state index in [0.29, 0.717) is 33.8 Å². The monoisotopic (exact) mass is 539 g/mol. The average Bonchev–Trinajstić information content (AvgIpc) is 2.96. The molecule has 5 rings (SSSR count). The minimum Gasteiger partial charge on any atom is -0.496 e. The van der Waals surface area contributed by atoms with Crippen molar-refractivity contribution in [2.75, 3.05) is 7.11 Å². The number of para-hydroxylation sites is 2. The number of fused-ring (bicyclic) bond motifs is 1.